The average molecular weight is 363 g/mol. The van der Waals surface area contributed by atoms with Crippen LogP contribution in [0, 0.1) is 6.92 Å². The highest BCUT2D eigenvalue weighted by Crippen LogP contribution is 2.18. The third kappa shape index (κ3) is 9.62. The standard InChI is InChI=1S/C24H44NO/c1-5-8-11-17-25(18-12-9-6-2,19-13-10-7-3)20-21-26-24-16-14-15-23(4)22-24/h14-16,22H,5-13,17-21H2,1-4H3/q+1. The summed E-state index contributed by atoms with van der Waals surface area (Å²) in [5.41, 5.74) is 1.28. The molecule has 0 aliphatic carbocycles. The number of hydrogen-bond acceptors (Lipinski definition) is 1. The largest absolute Gasteiger partial charge is 0.488 e. The second-order valence-electron chi connectivity index (χ2n) is 8.02. The highest BCUT2D eigenvalue weighted by atomic mass is 16.5. The lowest BCUT2D eigenvalue weighted by Crippen LogP contribution is -2.52. The Kier molecular flexibility index (Phi) is 12.5. The van der Waals surface area contributed by atoms with Crippen molar-refractivity contribution >= 4 is 0 Å². The van der Waals surface area contributed by atoms with Crippen LogP contribution in [0.25, 0.3) is 0 Å². The smallest absolute Gasteiger partial charge is 0.137 e. The van der Waals surface area contributed by atoms with Crippen molar-refractivity contribution in [2.24, 2.45) is 0 Å². The number of ether oxygens (including phenoxy) is 1. The normalized spacial score (nSPS) is 11.7. The van der Waals surface area contributed by atoms with Crippen LogP contribution in [0.5, 0.6) is 5.75 Å². The fourth-order valence-corrected chi connectivity index (χ4v) is 3.82. The molecule has 1 rings (SSSR count). The van der Waals surface area contributed by atoms with E-state index in [1.54, 1.807) is 0 Å². The van der Waals surface area contributed by atoms with Gasteiger partial charge in [0.1, 0.15) is 18.9 Å². The summed E-state index contributed by atoms with van der Waals surface area (Å²) in [6.45, 7) is 15.1. The van der Waals surface area contributed by atoms with E-state index >= 15 is 0 Å². The summed E-state index contributed by atoms with van der Waals surface area (Å²) in [5.74, 6) is 1.03. The van der Waals surface area contributed by atoms with E-state index in [0.29, 0.717) is 0 Å². The molecule has 2 heteroatoms. The van der Waals surface area contributed by atoms with Gasteiger partial charge in [-0.05, 0) is 63.1 Å². The van der Waals surface area contributed by atoms with Crippen molar-refractivity contribution < 1.29 is 9.22 Å². The number of aryl methyl sites for hydroxylation is 1. The van der Waals surface area contributed by atoms with Crippen LogP contribution in [0.1, 0.15) is 84.1 Å². The Morgan fingerprint density at radius 1 is 0.731 bits per heavy atom. The SMILES string of the molecule is CCCCC[N+](CCCCC)(CCCCC)CCOc1cccc(C)c1. The molecule has 1 aromatic rings. The maximum absolute atomic E-state index is 6.15. The first-order valence-electron chi connectivity index (χ1n) is 11.2. The Bertz CT molecular complexity index is 431. The molecule has 0 saturated carbocycles. The molecule has 150 valence electrons. The Balaban J connectivity index is 2.68. The Morgan fingerprint density at radius 2 is 1.27 bits per heavy atom. The minimum absolute atomic E-state index is 0.841. The average Bonchev–Trinajstić information content (AvgIpc) is 2.62. The van der Waals surface area contributed by atoms with Gasteiger partial charge in [-0.3, -0.25) is 0 Å². The van der Waals surface area contributed by atoms with Gasteiger partial charge in [0.05, 0.1) is 19.6 Å². The van der Waals surface area contributed by atoms with Crippen molar-refractivity contribution in [1.82, 2.24) is 0 Å². The molecular formula is C24H44NO+. The Morgan fingerprint density at radius 3 is 1.73 bits per heavy atom. The molecule has 0 fully saturated rings. The van der Waals surface area contributed by atoms with Gasteiger partial charge < -0.3 is 9.22 Å². The van der Waals surface area contributed by atoms with Gasteiger partial charge >= 0.3 is 0 Å². The predicted molar refractivity (Wildman–Crippen MR) is 115 cm³/mol. The van der Waals surface area contributed by atoms with Gasteiger partial charge in [0.25, 0.3) is 0 Å². The number of quaternary nitrogens is 1. The molecule has 2 nitrogen and oxygen atoms in total. The molecule has 0 aliphatic rings. The van der Waals surface area contributed by atoms with E-state index in [9.17, 15) is 0 Å². The summed E-state index contributed by atoms with van der Waals surface area (Å²) in [5, 5.41) is 0. The van der Waals surface area contributed by atoms with Crippen LogP contribution in [-0.2, 0) is 0 Å². The third-order valence-corrected chi connectivity index (χ3v) is 5.53. The molecule has 0 spiro atoms. The number of hydrogen-bond donors (Lipinski definition) is 0. The molecule has 0 atom stereocenters. The topological polar surface area (TPSA) is 9.23 Å². The monoisotopic (exact) mass is 362 g/mol. The lowest BCUT2D eigenvalue weighted by atomic mass is 10.1. The van der Waals surface area contributed by atoms with Crippen LogP contribution in [0.3, 0.4) is 0 Å². The zero-order chi connectivity index (χ0) is 19.1. The second-order valence-corrected chi connectivity index (χ2v) is 8.02. The molecular weight excluding hydrogens is 318 g/mol. The fourth-order valence-electron chi connectivity index (χ4n) is 3.82. The Hall–Kier alpha value is -1.02. The first kappa shape index (κ1) is 23.0. The van der Waals surface area contributed by atoms with Gasteiger partial charge in [0.15, 0.2) is 0 Å². The molecule has 0 N–H and O–H groups in total. The van der Waals surface area contributed by atoms with Gasteiger partial charge in [0, 0.05) is 0 Å². The molecule has 0 heterocycles. The number of nitrogens with zero attached hydrogens (tertiary/aromatic N) is 1. The minimum atomic E-state index is 0.841. The van der Waals surface area contributed by atoms with Gasteiger partial charge in [-0.25, -0.2) is 0 Å². The van der Waals surface area contributed by atoms with Crippen molar-refractivity contribution in [1.29, 1.82) is 0 Å². The molecule has 0 saturated heterocycles. The lowest BCUT2D eigenvalue weighted by molar-refractivity contribution is -0.928. The molecule has 1 aromatic carbocycles. The molecule has 0 aromatic heterocycles. The molecule has 0 bridgehead atoms. The molecule has 0 unspecified atom stereocenters. The minimum Gasteiger partial charge on any atom is -0.488 e. The van der Waals surface area contributed by atoms with Gasteiger partial charge in [-0.15, -0.1) is 0 Å². The van der Waals surface area contributed by atoms with E-state index in [0.717, 1.165) is 18.9 Å². The van der Waals surface area contributed by atoms with Crippen molar-refractivity contribution in [3.63, 3.8) is 0 Å². The van der Waals surface area contributed by atoms with Gasteiger partial charge in [-0.1, -0.05) is 52.2 Å². The van der Waals surface area contributed by atoms with Crippen LogP contribution in [0.2, 0.25) is 0 Å². The summed E-state index contributed by atoms with van der Waals surface area (Å²) in [7, 11) is 0. The number of benzene rings is 1. The first-order valence-corrected chi connectivity index (χ1v) is 11.2. The Labute approximate surface area is 163 Å². The highest BCUT2D eigenvalue weighted by molar-refractivity contribution is 5.27. The van der Waals surface area contributed by atoms with E-state index in [4.69, 9.17) is 4.74 Å². The van der Waals surface area contributed by atoms with E-state index in [2.05, 4.69) is 52.0 Å². The fraction of sp³-hybridized carbons (Fsp3) is 0.750. The van der Waals surface area contributed by atoms with Crippen LogP contribution in [0.15, 0.2) is 24.3 Å². The molecule has 0 amide bonds. The first-order chi connectivity index (χ1) is 12.7. The quantitative estimate of drug-likeness (QED) is 0.233. The molecule has 0 aliphatic heterocycles. The summed E-state index contributed by atoms with van der Waals surface area (Å²) >= 11 is 0. The third-order valence-electron chi connectivity index (χ3n) is 5.53. The molecule has 0 radical (unpaired) electrons. The van der Waals surface area contributed by atoms with Crippen molar-refractivity contribution in [2.45, 2.75) is 85.5 Å². The van der Waals surface area contributed by atoms with Crippen LogP contribution in [0.4, 0.5) is 0 Å². The number of unbranched alkanes of at least 4 members (excludes halogenated alkanes) is 6. The predicted octanol–water partition coefficient (Wildman–Crippen LogP) is 6.76. The summed E-state index contributed by atoms with van der Waals surface area (Å²) in [4.78, 5) is 0. The summed E-state index contributed by atoms with van der Waals surface area (Å²) in [6, 6.07) is 8.47. The van der Waals surface area contributed by atoms with E-state index in [1.807, 2.05) is 0 Å². The van der Waals surface area contributed by atoms with E-state index < -0.39 is 0 Å². The maximum atomic E-state index is 6.15. The lowest BCUT2D eigenvalue weighted by Gasteiger charge is -2.39. The second kappa shape index (κ2) is 14.1. The van der Waals surface area contributed by atoms with E-state index in [1.165, 1.54) is 87.5 Å². The maximum Gasteiger partial charge on any atom is 0.137 e. The molecule has 26 heavy (non-hydrogen) atoms. The van der Waals surface area contributed by atoms with Crippen molar-refractivity contribution in [3.05, 3.63) is 29.8 Å². The van der Waals surface area contributed by atoms with Gasteiger partial charge in [-0.2, -0.15) is 0 Å². The summed E-state index contributed by atoms with van der Waals surface area (Å²) < 4.78 is 7.42. The van der Waals surface area contributed by atoms with Gasteiger partial charge in [0.2, 0.25) is 0 Å². The van der Waals surface area contributed by atoms with E-state index in [-0.39, 0.29) is 0 Å². The van der Waals surface area contributed by atoms with Crippen molar-refractivity contribution in [3.8, 4) is 5.75 Å². The highest BCUT2D eigenvalue weighted by Gasteiger charge is 2.26. The zero-order valence-corrected chi connectivity index (χ0v) is 18.1. The number of rotatable bonds is 16. The zero-order valence-electron chi connectivity index (χ0n) is 18.1. The van der Waals surface area contributed by atoms with Crippen LogP contribution >= 0.6 is 0 Å². The van der Waals surface area contributed by atoms with Crippen molar-refractivity contribution in [2.75, 3.05) is 32.8 Å². The van der Waals surface area contributed by atoms with Crippen LogP contribution < -0.4 is 4.74 Å². The summed E-state index contributed by atoms with van der Waals surface area (Å²) in [6.07, 6.45) is 12.1. The van der Waals surface area contributed by atoms with Crippen LogP contribution in [-0.4, -0.2) is 37.3 Å².